The van der Waals surface area contributed by atoms with Gasteiger partial charge < -0.3 is 4.74 Å². The van der Waals surface area contributed by atoms with Gasteiger partial charge in [0.25, 0.3) is 0 Å². The summed E-state index contributed by atoms with van der Waals surface area (Å²) in [6, 6.07) is 33.0. The van der Waals surface area contributed by atoms with Crippen LogP contribution < -0.4 is 4.74 Å². The van der Waals surface area contributed by atoms with Crippen LogP contribution in [0.3, 0.4) is 0 Å². The smallest absolute Gasteiger partial charge is 0.132 e. The molecule has 0 aromatic heterocycles. The monoisotopic (exact) mass is 374 g/mol. The second-order valence-electron chi connectivity index (χ2n) is 8.35. The number of hydrogen-bond donors (Lipinski definition) is 0. The highest BCUT2D eigenvalue weighted by molar-refractivity contribution is 5.88. The molecule has 0 atom stereocenters. The van der Waals surface area contributed by atoms with Crippen LogP contribution in [0.2, 0.25) is 0 Å². The molecule has 0 saturated heterocycles. The molecule has 1 heteroatoms. The van der Waals surface area contributed by atoms with Gasteiger partial charge in [-0.25, -0.2) is 0 Å². The van der Waals surface area contributed by atoms with Gasteiger partial charge in [0, 0.05) is 11.1 Å². The molecule has 2 aliphatic rings. The lowest BCUT2D eigenvalue weighted by Gasteiger charge is -2.39. The SMILES string of the molecule is CC(C)c1ccc2c(c1)C1(c3ccccc3Oc3ccccc31)c1ccccc1-2. The molecule has 1 nitrogen and oxygen atoms in total. The van der Waals surface area contributed by atoms with E-state index in [1.54, 1.807) is 0 Å². The molecule has 1 spiro atoms. The zero-order valence-electron chi connectivity index (χ0n) is 16.6. The van der Waals surface area contributed by atoms with Crippen molar-refractivity contribution in [1.29, 1.82) is 0 Å². The highest BCUT2D eigenvalue weighted by Crippen LogP contribution is 2.62. The fraction of sp³-hybridized carbons (Fsp3) is 0.143. The zero-order chi connectivity index (χ0) is 19.6. The molecule has 0 amide bonds. The van der Waals surface area contributed by atoms with Crippen molar-refractivity contribution in [3.05, 3.63) is 119 Å². The van der Waals surface area contributed by atoms with Crippen molar-refractivity contribution < 1.29 is 4.74 Å². The second kappa shape index (κ2) is 5.84. The molecule has 0 N–H and O–H groups in total. The normalized spacial score (nSPS) is 14.7. The second-order valence-corrected chi connectivity index (χ2v) is 8.35. The molecule has 4 aromatic carbocycles. The summed E-state index contributed by atoms with van der Waals surface area (Å²) in [5.41, 5.74) is 8.85. The van der Waals surface area contributed by atoms with E-state index < -0.39 is 0 Å². The molecule has 0 unspecified atom stereocenters. The number of rotatable bonds is 1. The molecule has 1 heterocycles. The minimum Gasteiger partial charge on any atom is -0.457 e. The number of benzene rings is 4. The molecule has 0 saturated carbocycles. The van der Waals surface area contributed by atoms with Crippen molar-refractivity contribution in [1.82, 2.24) is 0 Å². The molecular formula is C28H22O. The summed E-state index contributed by atoms with van der Waals surface area (Å²) in [4.78, 5) is 0. The highest BCUT2D eigenvalue weighted by atomic mass is 16.5. The van der Waals surface area contributed by atoms with Gasteiger partial charge in [-0.2, -0.15) is 0 Å². The predicted molar refractivity (Wildman–Crippen MR) is 118 cm³/mol. The van der Waals surface area contributed by atoms with Gasteiger partial charge in [-0.1, -0.05) is 92.7 Å². The maximum Gasteiger partial charge on any atom is 0.132 e. The Bertz CT molecular complexity index is 1220. The summed E-state index contributed by atoms with van der Waals surface area (Å²) in [6.07, 6.45) is 0. The fourth-order valence-electron chi connectivity index (χ4n) is 5.23. The highest BCUT2D eigenvalue weighted by Gasteiger charge is 2.50. The minimum absolute atomic E-state index is 0.345. The van der Waals surface area contributed by atoms with E-state index in [4.69, 9.17) is 4.74 Å². The van der Waals surface area contributed by atoms with Gasteiger partial charge >= 0.3 is 0 Å². The number of hydrogen-bond acceptors (Lipinski definition) is 1. The molecule has 0 fully saturated rings. The van der Waals surface area contributed by atoms with Crippen LogP contribution in [0.5, 0.6) is 11.5 Å². The van der Waals surface area contributed by atoms with Crippen LogP contribution in [0.25, 0.3) is 11.1 Å². The number of ether oxygens (including phenoxy) is 1. The van der Waals surface area contributed by atoms with Crippen molar-refractivity contribution >= 4 is 0 Å². The van der Waals surface area contributed by atoms with E-state index in [0.29, 0.717) is 5.92 Å². The summed E-state index contributed by atoms with van der Waals surface area (Å²) in [7, 11) is 0. The lowest BCUT2D eigenvalue weighted by atomic mass is 9.66. The van der Waals surface area contributed by atoms with Crippen LogP contribution in [-0.2, 0) is 5.41 Å². The molecule has 6 rings (SSSR count). The van der Waals surface area contributed by atoms with E-state index in [9.17, 15) is 0 Å². The predicted octanol–water partition coefficient (Wildman–Crippen LogP) is 7.28. The third kappa shape index (κ3) is 2.05. The summed E-state index contributed by atoms with van der Waals surface area (Å²) >= 11 is 0. The Morgan fingerprint density at radius 2 is 1.14 bits per heavy atom. The lowest BCUT2D eigenvalue weighted by Crippen LogP contribution is -2.32. The minimum atomic E-state index is -0.345. The Kier molecular flexibility index (Phi) is 3.35. The van der Waals surface area contributed by atoms with Gasteiger partial charge in [-0.3, -0.25) is 0 Å². The van der Waals surface area contributed by atoms with Crippen LogP contribution in [0.4, 0.5) is 0 Å². The van der Waals surface area contributed by atoms with Crippen molar-refractivity contribution in [3.63, 3.8) is 0 Å². The van der Waals surface area contributed by atoms with Crippen molar-refractivity contribution in [2.45, 2.75) is 25.2 Å². The van der Waals surface area contributed by atoms with Gasteiger partial charge in [0.05, 0.1) is 5.41 Å². The van der Waals surface area contributed by atoms with E-state index in [1.807, 2.05) is 0 Å². The van der Waals surface area contributed by atoms with Gasteiger partial charge in [-0.15, -0.1) is 0 Å². The molecule has 1 aliphatic heterocycles. The molecule has 0 bridgehead atoms. The molecule has 4 aromatic rings. The third-order valence-corrected chi connectivity index (χ3v) is 6.54. The van der Waals surface area contributed by atoms with Crippen LogP contribution >= 0.6 is 0 Å². The maximum atomic E-state index is 6.37. The van der Waals surface area contributed by atoms with Crippen molar-refractivity contribution in [2.75, 3.05) is 0 Å². The molecule has 0 radical (unpaired) electrons. The first-order chi connectivity index (χ1) is 14.2. The van der Waals surface area contributed by atoms with Crippen LogP contribution in [0.1, 0.15) is 47.6 Å². The Hall–Kier alpha value is -3.32. The first-order valence-electron chi connectivity index (χ1n) is 10.3. The largest absolute Gasteiger partial charge is 0.457 e. The van der Waals surface area contributed by atoms with E-state index in [-0.39, 0.29) is 5.41 Å². The summed E-state index contributed by atoms with van der Waals surface area (Å²) in [5, 5.41) is 0. The third-order valence-electron chi connectivity index (χ3n) is 6.54. The van der Waals surface area contributed by atoms with Gasteiger partial charge in [0.1, 0.15) is 11.5 Å². The first kappa shape index (κ1) is 16.6. The lowest BCUT2D eigenvalue weighted by molar-refractivity contribution is 0.436. The molecule has 1 aliphatic carbocycles. The quantitative estimate of drug-likeness (QED) is 0.294. The first-order valence-corrected chi connectivity index (χ1v) is 10.3. The van der Waals surface area contributed by atoms with E-state index in [2.05, 4.69) is 105 Å². The standard InChI is InChI=1S/C28H22O/c1-18(2)19-15-16-21-20-9-3-4-10-22(20)28(25(21)17-19)23-11-5-7-13-26(23)29-27-14-8-6-12-24(27)28/h3-18H,1-2H3. The average Bonchev–Trinajstić information content (AvgIpc) is 3.05. The van der Waals surface area contributed by atoms with Gasteiger partial charge in [-0.05, 0) is 45.9 Å². The Morgan fingerprint density at radius 1 is 0.586 bits per heavy atom. The topological polar surface area (TPSA) is 9.23 Å². The number of para-hydroxylation sites is 2. The Labute approximate surface area is 171 Å². The summed E-state index contributed by atoms with van der Waals surface area (Å²) in [6.45, 7) is 4.53. The van der Waals surface area contributed by atoms with E-state index in [0.717, 1.165) is 11.5 Å². The van der Waals surface area contributed by atoms with Crippen LogP contribution in [0, 0.1) is 0 Å². The summed E-state index contributed by atoms with van der Waals surface area (Å²) in [5.74, 6) is 2.37. The summed E-state index contributed by atoms with van der Waals surface area (Å²) < 4.78 is 6.37. The van der Waals surface area contributed by atoms with E-state index >= 15 is 0 Å². The fourth-order valence-corrected chi connectivity index (χ4v) is 5.23. The van der Waals surface area contributed by atoms with Crippen molar-refractivity contribution in [2.24, 2.45) is 0 Å². The van der Waals surface area contributed by atoms with Gasteiger partial charge in [0.15, 0.2) is 0 Å². The van der Waals surface area contributed by atoms with Crippen molar-refractivity contribution in [3.8, 4) is 22.6 Å². The van der Waals surface area contributed by atoms with Gasteiger partial charge in [0.2, 0.25) is 0 Å². The molecule has 140 valence electrons. The van der Waals surface area contributed by atoms with E-state index in [1.165, 1.54) is 38.9 Å². The Balaban J connectivity index is 1.83. The number of fused-ring (bicyclic) bond motifs is 9. The zero-order valence-corrected chi connectivity index (χ0v) is 16.6. The Morgan fingerprint density at radius 3 is 1.79 bits per heavy atom. The van der Waals surface area contributed by atoms with Crippen LogP contribution in [0.15, 0.2) is 91.0 Å². The molecular weight excluding hydrogens is 352 g/mol. The average molecular weight is 374 g/mol. The van der Waals surface area contributed by atoms with Crippen LogP contribution in [-0.4, -0.2) is 0 Å². The maximum absolute atomic E-state index is 6.37. The molecule has 29 heavy (non-hydrogen) atoms.